The van der Waals surface area contributed by atoms with Gasteiger partial charge in [0.1, 0.15) is 17.1 Å². The van der Waals surface area contributed by atoms with E-state index >= 15 is 0 Å². The van der Waals surface area contributed by atoms with E-state index in [0.717, 1.165) is 6.07 Å². The van der Waals surface area contributed by atoms with Gasteiger partial charge in [0.05, 0.1) is 12.2 Å². The van der Waals surface area contributed by atoms with Crippen LogP contribution in [0.4, 0.5) is 0 Å². The number of aromatic hydroxyl groups is 2. The molecule has 120 valence electrons. The van der Waals surface area contributed by atoms with Crippen molar-refractivity contribution < 1.29 is 29.3 Å². The predicted molar refractivity (Wildman–Crippen MR) is 76.6 cm³/mol. The Hall–Kier alpha value is -2.28. The number of ether oxygens (including phenoxy) is 2. The maximum atomic E-state index is 12.1. The lowest BCUT2D eigenvalue weighted by atomic mass is 10.2. The van der Waals surface area contributed by atoms with E-state index in [1.54, 1.807) is 4.90 Å². The smallest absolute Gasteiger partial charge is 0.342 e. The van der Waals surface area contributed by atoms with Gasteiger partial charge >= 0.3 is 5.97 Å². The molecule has 1 aliphatic rings. The second-order valence-corrected chi connectivity index (χ2v) is 5.33. The minimum atomic E-state index is -0.819. The van der Waals surface area contributed by atoms with Crippen LogP contribution < -0.4 is 0 Å². The lowest BCUT2D eigenvalue weighted by molar-refractivity contribution is -0.146. The zero-order valence-corrected chi connectivity index (χ0v) is 12.5. The number of hydrogen-bond donors (Lipinski definition) is 2. The van der Waals surface area contributed by atoms with Gasteiger partial charge in [0.15, 0.2) is 6.61 Å². The molecular weight excluding hydrogens is 290 g/mol. The second-order valence-electron chi connectivity index (χ2n) is 5.33. The van der Waals surface area contributed by atoms with Crippen molar-refractivity contribution in [2.45, 2.75) is 26.1 Å². The van der Waals surface area contributed by atoms with Crippen LogP contribution in [0.25, 0.3) is 0 Å². The molecule has 7 nitrogen and oxygen atoms in total. The van der Waals surface area contributed by atoms with Crippen molar-refractivity contribution in [3.63, 3.8) is 0 Å². The average molecular weight is 309 g/mol. The van der Waals surface area contributed by atoms with E-state index in [2.05, 4.69) is 0 Å². The first-order valence-corrected chi connectivity index (χ1v) is 6.99. The van der Waals surface area contributed by atoms with Crippen molar-refractivity contribution in [3.8, 4) is 11.5 Å². The molecule has 2 atom stereocenters. The lowest BCUT2D eigenvalue weighted by Gasteiger charge is -2.35. The molecule has 0 aliphatic carbocycles. The van der Waals surface area contributed by atoms with Gasteiger partial charge in [0.2, 0.25) is 0 Å². The Morgan fingerprint density at radius 2 is 1.91 bits per heavy atom. The first-order chi connectivity index (χ1) is 10.4. The Kier molecular flexibility index (Phi) is 4.87. The molecule has 0 aromatic heterocycles. The number of amides is 1. The Bertz CT molecular complexity index is 563. The number of esters is 1. The SMILES string of the molecule is C[C@@H]1CN(C(=O)COC(=O)c2ccc(O)cc2O)C[C@H](C)O1. The molecule has 1 saturated heterocycles. The van der Waals surface area contributed by atoms with Gasteiger partial charge in [-0.3, -0.25) is 4.79 Å². The largest absolute Gasteiger partial charge is 0.508 e. The molecule has 0 unspecified atom stereocenters. The van der Waals surface area contributed by atoms with E-state index in [9.17, 15) is 19.8 Å². The second kappa shape index (κ2) is 6.65. The molecule has 22 heavy (non-hydrogen) atoms. The summed E-state index contributed by atoms with van der Waals surface area (Å²) in [6.07, 6.45) is -0.130. The third kappa shape index (κ3) is 3.88. The third-order valence-electron chi connectivity index (χ3n) is 3.30. The van der Waals surface area contributed by atoms with E-state index in [-0.39, 0.29) is 29.4 Å². The minimum absolute atomic E-state index is 0.0652. The maximum Gasteiger partial charge on any atom is 0.342 e. The van der Waals surface area contributed by atoms with E-state index < -0.39 is 18.3 Å². The molecule has 1 aromatic carbocycles. The van der Waals surface area contributed by atoms with Crippen LogP contribution in [0.15, 0.2) is 18.2 Å². The Labute approximate surface area is 128 Å². The highest BCUT2D eigenvalue weighted by Gasteiger charge is 2.26. The number of morpholine rings is 1. The Morgan fingerprint density at radius 1 is 1.27 bits per heavy atom. The van der Waals surface area contributed by atoms with Crippen LogP contribution in [0.1, 0.15) is 24.2 Å². The van der Waals surface area contributed by atoms with E-state index in [4.69, 9.17) is 9.47 Å². The molecule has 1 heterocycles. The highest BCUT2D eigenvalue weighted by atomic mass is 16.5. The van der Waals surface area contributed by atoms with Gasteiger partial charge in [0, 0.05) is 19.2 Å². The maximum absolute atomic E-state index is 12.1. The van der Waals surface area contributed by atoms with E-state index in [0.29, 0.717) is 13.1 Å². The van der Waals surface area contributed by atoms with E-state index in [1.165, 1.54) is 12.1 Å². The molecule has 1 fully saturated rings. The summed E-state index contributed by atoms with van der Waals surface area (Å²) in [7, 11) is 0. The Balaban J connectivity index is 1.91. The van der Waals surface area contributed by atoms with Gasteiger partial charge in [-0.2, -0.15) is 0 Å². The summed E-state index contributed by atoms with van der Waals surface area (Å²) in [5, 5.41) is 18.7. The summed E-state index contributed by atoms with van der Waals surface area (Å²) in [6, 6.07) is 3.52. The van der Waals surface area contributed by atoms with Gasteiger partial charge in [-0.05, 0) is 26.0 Å². The molecular formula is C15H19NO6. The molecule has 1 aliphatic heterocycles. The fraction of sp³-hybridized carbons (Fsp3) is 0.467. The molecule has 0 saturated carbocycles. The van der Waals surface area contributed by atoms with Crippen molar-refractivity contribution >= 4 is 11.9 Å². The van der Waals surface area contributed by atoms with Crippen LogP contribution in [0, 0.1) is 0 Å². The molecule has 2 rings (SSSR count). The van der Waals surface area contributed by atoms with Crippen LogP contribution >= 0.6 is 0 Å². The van der Waals surface area contributed by atoms with E-state index in [1.807, 2.05) is 13.8 Å². The number of carbonyl (C=O) groups is 2. The average Bonchev–Trinajstić information content (AvgIpc) is 2.43. The van der Waals surface area contributed by atoms with Gasteiger partial charge in [-0.15, -0.1) is 0 Å². The summed E-state index contributed by atoms with van der Waals surface area (Å²) in [6.45, 7) is 4.24. The number of carbonyl (C=O) groups excluding carboxylic acids is 2. The van der Waals surface area contributed by atoms with Crippen LogP contribution in [0.2, 0.25) is 0 Å². The number of phenolic OH excluding ortho intramolecular Hbond substituents is 2. The molecule has 1 amide bonds. The molecule has 2 N–H and O–H groups in total. The van der Waals surface area contributed by atoms with Crippen LogP contribution in [0.5, 0.6) is 11.5 Å². The zero-order chi connectivity index (χ0) is 16.3. The Morgan fingerprint density at radius 3 is 2.50 bits per heavy atom. The highest BCUT2D eigenvalue weighted by molar-refractivity contribution is 5.94. The van der Waals surface area contributed by atoms with Crippen LogP contribution in [0.3, 0.4) is 0 Å². The fourth-order valence-corrected chi connectivity index (χ4v) is 2.37. The first kappa shape index (κ1) is 16.1. The molecule has 7 heteroatoms. The van der Waals surface area contributed by atoms with Gasteiger partial charge in [-0.25, -0.2) is 4.79 Å². The lowest BCUT2D eigenvalue weighted by Crippen LogP contribution is -2.49. The van der Waals surface area contributed by atoms with Crippen LogP contribution in [-0.4, -0.2) is 58.9 Å². The van der Waals surface area contributed by atoms with Crippen molar-refractivity contribution in [1.82, 2.24) is 4.90 Å². The minimum Gasteiger partial charge on any atom is -0.508 e. The summed E-state index contributed by atoms with van der Waals surface area (Å²) < 4.78 is 10.5. The first-order valence-electron chi connectivity index (χ1n) is 6.99. The van der Waals surface area contributed by atoms with Gasteiger partial charge in [0.25, 0.3) is 5.91 Å². The normalized spacial score (nSPS) is 21.5. The highest BCUT2D eigenvalue weighted by Crippen LogP contribution is 2.23. The van der Waals surface area contributed by atoms with Crippen molar-refractivity contribution in [1.29, 1.82) is 0 Å². The summed E-state index contributed by atoms with van der Waals surface area (Å²) >= 11 is 0. The van der Waals surface area contributed by atoms with Crippen LogP contribution in [-0.2, 0) is 14.3 Å². The quantitative estimate of drug-likeness (QED) is 0.805. The molecule has 1 aromatic rings. The van der Waals surface area contributed by atoms with Gasteiger partial charge in [-0.1, -0.05) is 0 Å². The number of hydrogen-bond acceptors (Lipinski definition) is 6. The monoisotopic (exact) mass is 309 g/mol. The molecule has 0 spiro atoms. The van der Waals surface area contributed by atoms with Crippen molar-refractivity contribution in [3.05, 3.63) is 23.8 Å². The number of phenols is 2. The van der Waals surface area contributed by atoms with Crippen molar-refractivity contribution in [2.24, 2.45) is 0 Å². The van der Waals surface area contributed by atoms with Crippen molar-refractivity contribution in [2.75, 3.05) is 19.7 Å². The third-order valence-corrected chi connectivity index (χ3v) is 3.30. The number of nitrogens with zero attached hydrogens (tertiary/aromatic N) is 1. The summed E-state index contributed by atoms with van der Waals surface area (Å²) in [5.41, 5.74) is -0.102. The fourth-order valence-electron chi connectivity index (χ4n) is 2.37. The zero-order valence-electron chi connectivity index (χ0n) is 12.5. The standard InChI is InChI=1S/C15H19NO6/c1-9-6-16(7-10(2)22-9)14(19)8-21-15(20)12-4-3-11(17)5-13(12)18/h3-5,9-10,17-18H,6-8H2,1-2H3/t9-,10+. The van der Waals surface area contributed by atoms with Gasteiger partial charge < -0.3 is 24.6 Å². The topological polar surface area (TPSA) is 96.3 Å². The number of benzene rings is 1. The summed E-state index contributed by atoms with van der Waals surface area (Å²) in [4.78, 5) is 25.5. The predicted octanol–water partition coefficient (Wildman–Crippen LogP) is 0.890. The number of rotatable bonds is 3. The molecule has 0 bridgehead atoms. The summed E-state index contributed by atoms with van der Waals surface area (Å²) in [5.74, 6) is -1.69. The molecule has 0 radical (unpaired) electrons.